The molecule has 11 nitrogen and oxygen atoms in total. The van der Waals surface area contributed by atoms with Crippen LogP contribution in [0.4, 0.5) is 5.69 Å². The largest absolute Gasteiger partial charge is 0.614 e. The number of nitrogens with zero attached hydrogens (tertiary/aromatic N) is 2. The van der Waals surface area contributed by atoms with Crippen molar-refractivity contribution in [2.45, 2.75) is 49.6 Å². The van der Waals surface area contributed by atoms with Gasteiger partial charge < -0.3 is 19.3 Å². The van der Waals surface area contributed by atoms with Crippen molar-refractivity contribution in [1.29, 1.82) is 0 Å². The fourth-order valence-corrected chi connectivity index (χ4v) is 6.14. The molecule has 2 aromatic rings. The second kappa shape index (κ2) is 9.78. The van der Waals surface area contributed by atoms with Crippen LogP contribution in [0.3, 0.4) is 0 Å². The predicted molar refractivity (Wildman–Crippen MR) is 128 cm³/mol. The van der Waals surface area contributed by atoms with Crippen LogP contribution in [0.25, 0.3) is 0 Å². The highest BCUT2D eigenvalue weighted by Crippen LogP contribution is 2.46. The van der Waals surface area contributed by atoms with Crippen LogP contribution in [0.15, 0.2) is 48.5 Å². The second-order valence-corrected chi connectivity index (χ2v) is 11.2. The zero-order chi connectivity index (χ0) is 26.2. The maximum atomic E-state index is 13.2. The molecule has 2 aromatic carbocycles. The highest BCUT2D eigenvalue weighted by molar-refractivity contribution is 7.94. The number of nitro groups is 1. The van der Waals surface area contributed by atoms with E-state index in [2.05, 4.69) is 5.32 Å². The molecule has 36 heavy (non-hydrogen) atoms. The number of fused-ring (bicyclic) bond motifs is 1. The van der Waals surface area contributed by atoms with Gasteiger partial charge in [0.25, 0.3) is 17.5 Å². The van der Waals surface area contributed by atoms with E-state index >= 15 is 0 Å². The summed E-state index contributed by atoms with van der Waals surface area (Å²) in [6.45, 7) is 4.64. The van der Waals surface area contributed by atoms with Crippen LogP contribution < -0.4 is 10.1 Å². The van der Waals surface area contributed by atoms with Gasteiger partial charge in [-0.2, -0.15) is 0 Å². The average Bonchev–Trinajstić information content (AvgIpc) is 3.04. The van der Waals surface area contributed by atoms with E-state index in [4.69, 9.17) is 9.47 Å². The second-order valence-electron chi connectivity index (χ2n) is 9.12. The molecule has 2 aliphatic heterocycles. The number of esters is 1. The molecular weight excluding hydrogens is 490 g/mol. The molecule has 1 N–H and O–H groups in total. The zero-order valence-corrected chi connectivity index (χ0v) is 20.7. The first-order valence-corrected chi connectivity index (χ1v) is 12.3. The van der Waals surface area contributed by atoms with Crippen molar-refractivity contribution in [2.24, 2.45) is 0 Å². The van der Waals surface area contributed by atoms with Gasteiger partial charge in [0.2, 0.25) is 5.37 Å². The van der Waals surface area contributed by atoms with Gasteiger partial charge in [-0.1, -0.05) is 17.7 Å². The fraction of sp³-hybridized carbons (Fsp3) is 0.375. The maximum absolute atomic E-state index is 13.2. The number of benzene rings is 2. The van der Waals surface area contributed by atoms with Crippen LogP contribution in [0.1, 0.15) is 25.0 Å². The Kier molecular flexibility index (Phi) is 6.92. The van der Waals surface area contributed by atoms with E-state index in [1.54, 1.807) is 26.0 Å². The standard InChI is InChI=1S/C24H25N3O8S/c1-14-4-10-17(11-5-14)34-13-18(28)25-19-21(29)26-20(24(2,3)36(33)22(19)26)23(30)35-12-15-6-8-16(9-7-15)27(31)32/h4-11,19-20,22H,12-13H2,1-3H3,(H,25,28)/t19?,20?,22-,36?/m1/s1. The van der Waals surface area contributed by atoms with Crippen LogP contribution in [0.2, 0.25) is 0 Å². The van der Waals surface area contributed by atoms with Crippen molar-refractivity contribution in [1.82, 2.24) is 10.2 Å². The first-order chi connectivity index (χ1) is 17.0. The molecule has 2 fully saturated rings. The number of β-lactam (4-membered cyclic amide) rings is 1. The van der Waals surface area contributed by atoms with Gasteiger partial charge in [-0.3, -0.25) is 24.6 Å². The number of rotatable bonds is 8. The van der Waals surface area contributed by atoms with Gasteiger partial charge in [-0.15, -0.1) is 0 Å². The lowest BCUT2D eigenvalue weighted by molar-refractivity contribution is -0.384. The number of hydrogen-bond acceptors (Lipinski definition) is 8. The number of non-ortho nitro benzene ring substituents is 1. The van der Waals surface area contributed by atoms with Crippen LogP contribution in [-0.4, -0.2) is 61.0 Å². The third-order valence-corrected chi connectivity index (χ3v) is 8.41. The summed E-state index contributed by atoms with van der Waals surface area (Å²) in [5.74, 6) is -1.32. The van der Waals surface area contributed by atoms with Crippen molar-refractivity contribution in [3.05, 3.63) is 69.8 Å². The summed E-state index contributed by atoms with van der Waals surface area (Å²) in [7, 11) is 0. The Morgan fingerprint density at radius 3 is 2.39 bits per heavy atom. The van der Waals surface area contributed by atoms with Crippen molar-refractivity contribution >= 4 is 34.6 Å². The molecule has 3 unspecified atom stereocenters. The molecule has 0 spiro atoms. The van der Waals surface area contributed by atoms with Gasteiger partial charge in [0.05, 0.1) is 4.92 Å². The SMILES string of the molecule is Cc1ccc(OCC(=O)NC2C(=O)N3C(C(=O)OCc4ccc([N+](=O)[O-])cc4)C(C)(C)[S+]([O-])[C@H]23)cc1. The van der Waals surface area contributed by atoms with E-state index in [9.17, 15) is 29.1 Å². The molecule has 0 aliphatic carbocycles. The summed E-state index contributed by atoms with van der Waals surface area (Å²) in [5.41, 5.74) is 1.47. The van der Waals surface area contributed by atoms with Gasteiger partial charge >= 0.3 is 5.97 Å². The molecule has 2 heterocycles. The number of nitro benzene ring substituents is 1. The molecule has 4 atom stereocenters. The number of carbonyl (C=O) groups is 3. The van der Waals surface area contributed by atoms with E-state index in [0.29, 0.717) is 11.3 Å². The smallest absolute Gasteiger partial charge is 0.334 e. The Morgan fingerprint density at radius 2 is 1.78 bits per heavy atom. The average molecular weight is 516 g/mol. The van der Waals surface area contributed by atoms with E-state index in [-0.39, 0.29) is 18.9 Å². The minimum absolute atomic E-state index is 0.0937. The van der Waals surface area contributed by atoms with Crippen LogP contribution >= 0.6 is 0 Å². The summed E-state index contributed by atoms with van der Waals surface area (Å²) < 4.78 is 22.9. The number of hydrogen-bond donors (Lipinski definition) is 1. The highest BCUT2D eigenvalue weighted by Gasteiger charge is 2.73. The first-order valence-electron chi connectivity index (χ1n) is 11.1. The molecule has 4 rings (SSSR count). The quantitative estimate of drug-likeness (QED) is 0.183. The molecular formula is C24H25N3O8S. The summed E-state index contributed by atoms with van der Waals surface area (Å²) in [5, 5.41) is 12.5. The molecule has 0 saturated carbocycles. The lowest BCUT2D eigenvalue weighted by Crippen LogP contribution is -2.72. The zero-order valence-electron chi connectivity index (χ0n) is 19.8. The fourth-order valence-electron chi connectivity index (χ4n) is 4.22. The Labute approximate surface area is 210 Å². The van der Waals surface area contributed by atoms with Gasteiger partial charge in [0.15, 0.2) is 23.4 Å². The number of amides is 2. The van der Waals surface area contributed by atoms with E-state index < -0.39 is 56.1 Å². The Bertz CT molecular complexity index is 1180. The number of nitrogens with one attached hydrogen (secondary N) is 1. The molecule has 2 aliphatic rings. The lowest BCUT2D eigenvalue weighted by Gasteiger charge is -2.41. The number of carbonyl (C=O) groups excluding carboxylic acids is 3. The molecule has 0 bridgehead atoms. The Balaban J connectivity index is 1.37. The third kappa shape index (κ3) is 4.73. The van der Waals surface area contributed by atoms with Crippen LogP contribution in [0, 0.1) is 17.0 Å². The molecule has 2 saturated heterocycles. The topological polar surface area (TPSA) is 151 Å². The molecule has 12 heteroatoms. The van der Waals surface area contributed by atoms with Gasteiger partial charge in [-0.05, 0) is 61.8 Å². The van der Waals surface area contributed by atoms with Crippen molar-refractivity contribution in [2.75, 3.05) is 6.61 Å². The minimum Gasteiger partial charge on any atom is -0.614 e. The normalized spacial score (nSPS) is 23.9. The molecule has 190 valence electrons. The van der Waals surface area contributed by atoms with Crippen molar-refractivity contribution in [3.63, 3.8) is 0 Å². The van der Waals surface area contributed by atoms with Crippen molar-refractivity contribution in [3.8, 4) is 5.75 Å². The van der Waals surface area contributed by atoms with Gasteiger partial charge in [0, 0.05) is 12.1 Å². The number of aryl methyl sites for hydroxylation is 1. The molecule has 0 radical (unpaired) electrons. The minimum atomic E-state index is -1.66. The maximum Gasteiger partial charge on any atom is 0.334 e. The summed E-state index contributed by atoms with van der Waals surface area (Å²) >= 11 is -1.66. The van der Waals surface area contributed by atoms with E-state index in [1.807, 2.05) is 19.1 Å². The highest BCUT2D eigenvalue weighted by atomic mass is 32.2. The summed E-state index contributed by atoms with van der Waals surface area (Å²) in [4.78, 5) is 49.7. The Morgan fingerprint density at radius 1 is 1.14 bits per heavy atom. The van der Waals surface area contributed by atoms with Gasteiger partial charge in [0.1, 0.15) is 12.4 Å². The van der Waals surface area contributed by atoms with E-state index in [0.717, 1.165) is 5.56 Å². The van der Waals surface area contributed by atoms with E-state index in [1.165, 1.54) is 29.2 Å². The predicted octanol–water partition coefficient (Wildman–Crippen LogP) is 1.59. The van der Waals surface area contributed by atoms with Crippen LogP contribution in [0.5, 0.6) is 5.75 Å². The number of ether oxygens (including phenoxy) is 2. The van der Waals surface area contributed by atoms with Crippen molar-refractivity contribution < 1.29 is 33.3 Å². The monoisotopic (exact) mass is 515 g/mol. The lowest BCUT2D eigenvalue weighted by atomic mass is 9.96. The third-order valence-electron chi connectivity index (χ3n) is 6.21. The Hall–Kier alpha value is -3.64. The first kappa shape index (κ1) is 25.5. The molecule has 2 amide bonds. The van der Waals surface area contributed by atoms with Gasteiger partial charge in [-0.25, -0.2) is 4.79 Å². The summed E-state index contributed by atoms with van der Waals surface area (Å²) in [6.07, 6.45) is 0. The summed E-state index contributed by atoms with van der Waals surface area (Å²) in [6, 6.07) is 10.5. The van der Waals surface area contributed by atoms with Crippen LogP contribution in [-0.2, 0) is 36.9 Å². The molecule has 0 aromatic heterocycles.